The fourth-order valence-corrected chi connectivity index (χ4v) is 4.02. The van der Waals surface area contributed by atoms with Gasteiger partial charge in [0, 0.05) is 33.7 Å². The van der Waals surface area contributed by atoms with Crippen LogP contribution in [0.5, 0.6) is 0 Å². The van der Waals surface area contributed by atoms with Gasteiger partial charge in [-0.15, -0.1) is 0 Å². The molecule has 0 radical (unpaired) electrons. The molecule has 2 aromatic carbocycles. The zero-order valence-electron chi connectivity index (χ0n) is 19.2. The molecule has 1 aliphatic heterocycles. The number of nitrogens with zero attached hydrogens (tertiary/aromatic N) is 2. The van der Waals surface area contributed by atoms with E-state index < -0.39 is 17.9 Å². The number of ether oxygens (including phenoxy) is 2. The lowest BCUT2D eigenvalue weighted by Crippen LogP contribution is -2.49. The number of aryl methyl sites for hydroxylation is 1. The van der Waals surface area contributed by atoms with Crippen LogP contribution in [0.4, 0.5) is 0 Å². The zero-order chi connectivity index (χ0) is 24.1. The van der Waals surface area contributed by atoms with Gasteiger partial charge in [-0.25, -0.2) is 4.79 Å². The highest BCUT2D eigenvalue weighted by molar-refractivity contribution is 5.82. The van der Waals surface area contributed by atoms with Crippen LogP contribution in [0.15, 0.2) is 51.7 Å². The molecule has 34 heavy (non-hydrogen) atoms. The van der Waals surface area contributed by atoms with E-state index in [0.717, 1.165) is 22.2 Å². The Labute approximate surface area is 197 Å². The van der Waals surface area contributed by atoms with E-state index in [9.17, 15) is 14.9 Å². The van der Waals surface area contributed by atoms with Gasteiger partial charge in [-0.1, -0.05) is 30.3 Å². The Bertz CT molecular complexity index is 1230. The van der Waals surface area contributed by atoms with E-state index in [1.165, 1.54) is 4.57 Å². The van der Waals surface area contributed by atoms with Gasteiger partial charge in [0.25, 0.3) is 5.91 Å². The third-order valence-electron chi connectivity index (χ3n) is 6.08. The van der Waals surface area contributed by atoms with Gasteiger partial charge in [0.15, 0.2) is 5.58 Å². The van der Waals surface area contributed by atoms with Crippen LogP contribution in [0, 0.1) is 11.3 Å². The minimum atomic E-state index is -0.670. The van der Waals surface area contributed by atoms with Gasteiger partial charge >= 0.3 is 5.76 Å². The van der Waals surface area contributed by atoms with Crippen molar-refractivity contribution in [1.29, 1.82) is 5.26 Å². The summed E-state index contributed by atoms with van der Waals surface area (Å²) in [5, 5.41) is 15.6. The highest BCUT2D eigenvalue weighted by Crippen LogP contribution is 2.24. The first kappa shape index (κ1) is 23.7. The number of hydrogen-bond acceptors (Lipinski definition) is 7. The van der Waals surface area contributed by atoms with Gasteiger partial charge < -0.3 is 24.5 Å². The molecule has 9 nitrogen and oxygen atoms in total. The summed E-state index contributed by atoms with van der Waals surface area (Å²) >= 11 is 0. The molecular weight excluding hydrogens is 436 g/mol. The van der Waals surface area contributed by atoms with E-state index in [1.54, 1.807) is 20.2 Å². The first-order valence-corrected chi connectivity index (χ1v) is 11.2. The van der Waals surface area contributed by atoms with Crippen molar-refractivity contribution in [1.82, 2.24) is 15.2 Å². The smallest absolute Gasteiger partial charge is 0.408 e. The highest BCUT2D eigenvalue weighted by Gasteiger charge is 2.24. The van der Waals surface area contributed by atoms with Crippen LogP contribution in [-0.4, -0.2) is 55.5 Å². The van der Waals surface area contributed by atoms with Crippen molar-refractivity contribution in [3.8, 4) is 17.2 Å². The Balaban J connectivity index is 1.38. The molecule has 1 amide bonds. The highest BCUT2D eigenvalue weighted by atomic mass is 16.5. The molecule has 9 heteroatoms. The van der Waals surface area contributed by atoms with E-state index >= 15 is 0 Å². The van der Waals surface area contributed by atoms with E-state index in [4.69, 9.17) is 13.9 Å². The summed E-state index contributed by atoms with van der Waals surface area (Å²) < 4.78 is 17.7. The number of nitriles is 1. The number of oxazole rings is 1. The van der Waals surface area contributed by atoms with Crippen LogP contribution in [0.25, 0.3) is 22.2 Å². The number of benzene rings is 2. The Hall–Kier alpha value is -3.45. The molecule has 1 aliphatic rings. The van der Waals surface area contributed by atoms with Crippen molar-refractivity contribution in [3.05, 3.63) is 58.6 Å². The average Bonchev–Trinajstić information content (AvgIpc) is 3.12. The average molecular weight is 465 g/mol. The predicted octanol–water partition coefficient (Wildman–Crippen LogP) is 1.74. The number of methoxy groups -OCH3 is 1. The van der Waals surface area contributed by atoms with Crippen LogP contribution in [0.3, 0.4) is 0 Å². The number of fused-ring (bicyclic) bond motifs is 1. The molecule has 1 unspecified atom stereocenters. The van der Waals surface area contributed by atoms with Crippen LogP contribution in [0.2, 0.25) is 0 Å². The Morgan fingerprint density at radius 1 is 1.26 bits per heavy atom. The minimum Gasteiger partial charge on any atom is -0.408 e. The summed E-state index contributed by atoms with van der Waals surface area (Å²) in [6.45, 7) is 1.45. The van der Waals surface area contributed by atoms with Crippen molar-refractivity contribution < 1.29 is 18.7 Å². The lowest BCUT2D eigenvalue weighted by Gasteiger charge is -2.25. The second-order valence-corrected chi connectivity index (χ2v) is 8.36. The van der Waals surface area contributed by atoms with Gasteiger partial charge in [-0.2, -0.15) is 5.26 Å². The van der Waals surface area contributed by atoms with E-state index in [-0.39, 0.29) is 12.0 Å². The normalized spacial score (nSPS) is 19.7. The summed E-state index contributed by atoms with van der Waals surface area (Å²) in [4.78, 5) is 24.4. The number of aromatic nitrogens is 1. The molecule has 2 heterocycles. The van der Waals surface area contributed by atoms with E-state index in [0.29, 0.717) is 38.1 Å². The van der Waals surface area contributed by atoms with Crippen LogP contribution >= 0.6 is 0 Å². The fraction of sp³-hybridized carbons (Fsp3) is 0.400. The molecule has 0 aliphatic carbocycles. The minimum absolute atomic E-state index is 0.0624. The van der Waals surface area contributed by atoms with Crippen LogP contribution in [0.1, 0.15) is 12.0 Å². The third-order valence-corrected chi connectivity index (χ3v) is 6.08. The topological polar surface area (TPSA) is 119 Å². The van der Waals surface area contributed by atoms with Crippen molar-refractivity contribution in [3.63, 3.8) is 0 Å². The van der Waals surface area contributed by atoms with Crippen molar-refractivity contribution in [2.24, 2.45) is 7.05 Å². The molecule has 0 spiro atoms. The van der Waals surface area contributed by atoms with Gasteiger partial charge in [0.2, 0.25) is 0 Å². The van der Waals surface area contributed by atoms with Gasteiger partial charge in [-0.05, 0) is 35.2 Å². The van der Waals surface area contributed by atoms with Crippen molar-refractivity contribution in [2.45, 2.75) is 31.1 Å². The number of nitrogens with one attached hydrogen (secondary N) is 2. The number of hydrogen-bond donors (Lipinski definition) is 2. The lowest BCUT2D eigenvalue weighted by atomic mass is 10.0. The molecule has 0 saturated carbocycles. The monoisotopic (exact) mass is 464 g/mol. The summed E-state index contributed by atoms with van der Waals surface area (Å²) in [5.41, 5.74) is 4.11. The second-order valence-electron chi connectivity index (χ2n) is 8.36. The molecule has 3 aromatic rings. The molecule has 1 saturated heterocycles. The number of rotatable bonds is 6. The van der Waals surface area contributed by atoms with Crippen molar-refractivity contribution in [2.75, 3.05) is 26.8 Å². The third kappa shape index (κ3) is 5.37. The first-order valence-electron chi connectivity index (χ1n) is 11.2. The standard InChI is InChI=1S/C25H28N4O5/c1-29-21-12-18(7-8-22(21)34-25(29)31)17-5-3-16(4-6-17)11-19(13-26)28-24(30)23-15-27-14-20(32-2)9-10-33-23/h3-8,12,19-20,23,27H,9-11,14-15H2,1-2H3,(H,28,30)/t19-,20?,23-/m0/s1. The van der Waals surface area contributed by atoms with Crippen LogP contribution < -0.4 is 16.4 Å². The van der Waals surface area contributed by atoms with Gasteiger partial charge in [0.05, 0.1) is 24.3 Å². The molecule has 4 rings (SSSR count). The molecule has 2 N–H and O–H groups in total. The first-order chi connectivity index (χ1) is 16.5. The van der Waals surface area contributed by atoms with Crippen LogP contribution in [-0.2, 0) is 27.7 Å². The number of amides is 1. The maximum atomic E-state index is 12.7. The number of carbonyl (C=O) groups is 1. The SMILES string of the molecule is COC1CCO[C@H](C(=O)N[C@H](C#N)Cc2ccc(-c3ccc4oc(=O)n(C)c4c3)cc2)CNC1. The maximum absolute atomic E-state index is 12.7. The lowest BCUT2D eigenvalue weighted by molar-refractivity contribution is -0.134. The largest absolute Gasteiger partial charge is 0.419 e. The summed E-state index contributed by atoms with van der Waals surface area (Å²) in [5.74, 6) is -0.697. The molecule has 178 valence electrons. The molecule has 0 bridgehead atoms. The zero-order valence-corrected chi connectivity index (χ0v) is 19.2. The summed E-state index contributed by atoms with van der Waals surface area (Å²) in [7, 11) is 3.33. The van der Waals surface area contributed by atoms with E-state index in [2.05, 4.69) is 16.7 Å². The van der Waals surface area contributed by atoms with Gasteiger partial charge in [0.1, 0.15) is 12.1 Å². The van der Waals surface area contributed by atoms with Gasteiger partial charge in [-0.3, -0.25) is 9.36 Å². The fourth-order valence-electron chi connectivity index (χ4n) is 4.02. The number of carbonyl (C=O) groups excluding carboxylic acids is 1. The quantitative estimate of drug-likeness (QED) is 0.570. The molecular formula is C25H28N4O5. The Morgan fingerprint density at radius 3 is 2.76 bits per heavy atom. The Kier molecular flexibility index (Phi) is 7.43. The second kappa shape index (κ2) is 10.7. The Morgan fingerprint density at radius 2 is 2.03 bits per heavy atom. The maximum Gasteiger partial charge on any atom is 0.419 e. The molecule has 1 fully saturated rings. The summed E-state index contributed by atoms with van der Waals surface area (Å²) in [6, 6.07) is 14.9. The molecule has 3 atom stereocenters. The summed E-state index contributed by atoms with van der Waals surface area (Å²) in [6.07, 6.45) is 0.492. The van der Waals surface area contributed by atoms with E-state index in [1.807, 2.05) is 36.4 Å². The predicted molar refractivity (Wildman–Crippen MR) is 126 cm³/mol. The van der Waals surface area contributed by atoms with Crippen molar-refractivity contribution >= 4 is 17.0 Å². The molecule has 1 aromatic heterocycles.